The van der Waals surface area contributed by atoms with Gasteiger partial charge in [0.1, 0.15) is 0 Å². The largest absolute Gasteiger partial charge is 0.361 e. The SMILES string of the molecule is CCC(C)CN=C1NC(CC(C)C)CS1. The quantitative estimate of drug-likeness (QED) is 0.782. The minimum Gasteiger partial charge on any atom is -0.361 e. The molecule has 0 aromatic rings. The van der Waals surface area contributed by atoms with Crippen molar-refractivity contribution in [1.82, 2.24) is 5.32 Å². The Balaban J connectivity index is 2.29. The van der Waals surface area contributed by atoms with Crippen LogP contribution in [0.15, 0.2) is 4.99 Å². The number of hydrogen-bond donors (Lipinski definition) is 1. The van der Waals surface area contributed by atoms with Crippen LogP contribution in [0.3, 0.4) is 0 Å². The highest BCUT2D eigenvalue weighted by atomic mass is 32.2. The smallest absolute Gasteiger partial charge is 0.156 e. The van der Waals surface area contributed by atoms with Gasteiger partial charge in [0.05, 0.1) is 0 Å². The summed E-state index contributed by atoms with van der Waals surface area (Å²) in [5.74, 6) is 2.68. The summed E-state index contributed by atoms with van der Waals surface area (Å²) in [5.41, 5.74) is 0. The first-order chi connectivity index (χ1) is 7.11. The predicted molar refractivity (Wildman–Crippen MR) is 70.6 cm³/mol. The first-order valence-electron chi connectivity index (χ1n) is 6.05. The summed E-state index contributed by atoms with van der Waals surface area (Å²) in [6, 6.07) is 0.644. The molecule has 0 bridgehead atoms. The van der Waals surface area contributed by atoms with E-state index in [2.05, 4.69) is 38.0 Å². The first kappa shape index (κ1) is 12.9. The average molecular weight is 228 g/mol. The van der Waals surface area contributed by atoms with Crippen LogP contribution in [0.25, 0.3) is 0 Å². The van der Waals surface area contributed by atoms with Gasteiger partial charge in [0.15, 0.2) is 5.17 Å². The lowest BCUT2D eigenvalue weighted by Crippen LogP contribution is -2.28. The van der Waals surface area contributed by atoms with Crippen molar-refractivity contribution in [2.75, 3.05) is 12.3 Å². The van der Waals surface area contributed by atoms with Crippen molar-refractivity contribution in [1.29, 1.82) is 0 Å². The Hall–Kier alpha value is -0.180. The number of nitrogens with zero attached hydrogens (tertiary/aromatic N) is 1. The van der Waals surface area contributed by atoms with Crippen molar-refractivity contribution < 1.29 is 0 Å². The van der Waals surface area contributed by atoms with Gasteiger partial charge in [-0.05, 0) is 18.3 Å². The molecule has 1 rings (SSSR count). The maximum absolute atomic E-state index is 4.62. The van der Waals surface area contributed by atoms with Gasteiger partial charge in [-0.2, -0.15) is 0 Å². The molecule has 15 heavy (non-hydrogen) atoms. The van der Waals surface area contributed by atoms with Gasteiger partial charge < -0.3 is 5.32 Å². The molecule has 0 aromatic heterocycles. The lowest BCUT2D eigenvalue weighted by Gasteiger charge is -2.12. The van der Waals surface area contributed by atoms with Crippen LogP contribution >= 0.6 is 11.8 Å². The molecule has 2 unspecified atom stereocenters. The van der Waals surface area contributed by atoms with Crippen molar-refractivity contribution in [3.05, 3.63) is 0 Å². The zero-order chi connectivity index (χ0) is 11.3. The maximum atomic E-state index is 4.62. The van der Waals surface area contributed by atoms with Crippen molar-refractivity contribution in [2.24, 2.45) is 16.8 Å². The summed E-state index contributed by atoms with van der Waals surface area (Å²) in [7, 11) is 0. The van der Waals surface area contributed by atoms with E-state index in [-0.39, 0.29) is 0 Å². The molecular weight excluding hydrogens is 204 g/mol. The van der Waals surface area contributed by atoms with Gasteiger partial charge in [0, 0.05) is 18.3 Å². The van der Waals surface area contributed by atoms with Crippen molar-refractivity contribution in [3.8, 4) is 0 Å². The standard InChI is InChI=1S/C12H24N2S/c1-5-10(4)7-13-12-14-11(8-15-12)6-9(2)3/h9-11H,5-8H2,1-4H3,(H,13,14). The van der Waals surface area contributed by atoms with Gasteiger partial charge in [-0.1, -0.05) is 45.9 Å². The van der Waals surface area contributed by atoms with E-state index in [9.17, 15) is 0 Å². The molecule has 1 heterocycles. The summed E-state index contributed by atoms with van der Waals surface area (Å²) < 4.78 is 0. The maximum Gasteiger partial charge on any atom is 0.156 e. The Morgan fingerprint density at radius 2 is 2.20 bits per heavy atom. The van der Waals surface area contributed by atoms with Crippen molar-refractivity contribution in [3.63, 3.8) is 0 Å². The van der Waals surface area contributed by atoms with Crippen LogP contribution in [0.5, 0.6) is 0 Å². The number of nitrogens with one attached hydrogen (secondary N) is 1. The van der Waals surface area contributed by atoms with E-state index < -0.39 is 0 Å². The summed E-state index contributed by atoms with van der Waals surface area (Å²) in [6.45, 7) is 10.0. The highest BCUT2D eigenvalue weighted by Crippen LogP contribution is 2.19. The second kappa shape index (κ2) is 6.41. The van der Waals surface area contributed by atoms with Crippen molar-refractivity contribution in [2.45, 2.75) is 46.6 Å². The van der Waals surface area contributed by atoms with Gasteiger partial charge in [-0.15, -0.1) is 0 Å². The van der Waals surface area contributed by atoms with Gasteiger partial charge in [-0.3, -0.25) is 4.99 Å². The number of amidine groups is 1. The lowest BCUT2D eigenvalue weighted by molar-refractivity contribution is 0.501. The van der Waals surface area contributed by atoms with Gasteiger partial charge in [0.25, 0.3) is 0 Å². The molecule has 0 saturated carbocycles. The van der Waals surface area contributed by atoms with Crippen LogP contribution < -0.4 is 5.32 Å². The minimum absolute atomic E-state index is 0.644. The van der Waals surface area contributed by atoms with E-state index >= 15 is 0 Å². The molecule has 1 saturated heterocycles. The monoisotopic (exact) mass is 228 g/mol. The second-order valence-electron chi connectivity index (χ2n) is 4.94. The van der Waals surface area contributed by atoms with E-state index in [1.165, 1.54) is 23.8 Å². The highest BCUT2D eigenvalue weighted by Gasteiger charge is 2.20. The van der Waals surface area contributed by atoms with E-state index in [4.69, 9.17) is 0 Å². The molecule has 0 radical (unpaired) electrons. The molecule has 0 spiro atoms. The van der Waals surface area contributed by atoms with E-state index in [0.29, 0.717) is 12.0 Å². The van der Waals surface area contributed by atoms with Crippen LogP contribution in [0.1, 0.15) is 40.5 Å². The second-order valence-corrected chi connectivity index (χ2v) is 5.95. The molecule has 1 aliphatic rings. The Bertz CT molecular complexity index is 214. The Morgan fingerprint density at radius 1 is 1.47 bits per heavy atom. The molecule has 0 aliphatic carbocycles. The third-order valence-electron chi connectivity index (χ3n) is 2.75. The summed E-state index contributed by atoms with van der Waals surface area (Å²) >= 11 is 1.88. The Morgan fingerprint density at radius 3 is 2.80 bits per heavy atom. The van der Waals surface area contributed by atoms with Gasteiger partial charge >= 0.3 is 0 Å². The topological polar surface area (TPSA) is 24.4 Å². The van der Waals surface area contributed by atoms with E-state index in [0.717, 1.165) is 12.5 Å². The van der Waals surface area contributed by atoms with Crippen LogP contribution in [0, 0.1) is 11.8 Å². The minimum atomic E-state index is 0.644. The fourth-order valence-electron chi connectivity index (χ4n) is 1.59. The summed E-state index contributed by atoms with van der Waals surface area (Å²) in [4.78, 5) is 4.62. The number of rotatable bonds is 5. The number of hydrogen-bond acceptors (Lipinski definition) is 2. The molecule has 2 atom stereocenters. The van der Waals surface area contributed by atoms with Crippen LogP contribution in [0.2, 0.25) is 0 Å². The Kier molecular flexibility index (Phi) is 5.51. The highest BCUT2D eigenvalue weighted by molar-refractivity contribution is 8.14. The first-order valence-corrected chi connectivity index (χ1v) is 7.04. The molecular formula is C12H24N2S. The zero-order valence-electron chi connectivity index (χ0n) is 10.4. The molecule has 88 valence electrons. The molecule has 0 amide bonds. The van der Waals surface area contributed by atoms with Crippen LogP contribution in [0.4, 0.5) is 0 Å². The lowest BCUT2D eigenvalue weighted by atomic mass is 10.1. The third kappa shape index (κ3) is 4.92. The van der Waals surface area contributed by atoms with Gasteiger partial charge in [0.2, 0.25) is 0 Å². The summed E-state index contributed by atoms with van der Waals surface area (Å²) in [5, 5.41) is 4.68. The van der Waals surface area contributed by atoms with Crippen molar-refractivity contribution >= 4 is 16.9 Å². The van der Waals surface area contributed by atoms with Crippen LogP contribution in [-0.2, 0) is 0 Å². The molecule has 1 aliphatic heterocycles. The Labute approximate surface area is 98.3 Å². The zero-order valence-corrected chi connectivity index (χ0v) is 11.2. The van der Waals surface area contributed by atoms with E-state index in [1.807, 2.05) is 11.8 Å². The fraction of sp³-hybridized carbons (Fsp3) is 0.917. The predicted octanol–water partition coefficient (Wildman–Crippen LogP) is 3.14. The van der Waals surface area contributed by atoms with Gasteiger partial charge in [-0.25, -0.2) is 0 Å². The molecule has 1 N–H and O–H groups in total. The molecule has 3 heteroatoms. The number of aliphatic imine (C=N–C) groups is 1. The fourth-order valence-corrected chi connectivity index (χ4v) is 2.59. The molecule has 1 fully saturated rings. The molecule has 2 nitrogen and oxygen atoms in total. The summed E-state index contributed by atoms with van der Waals surface area (Å²) in [6.07, 6.45) is 2.48. The number of thioether (sulfide) groups is 1. The average Bonchev–Trinajstić information content (AvgIpc) is 2.61. The molecule has 0 aromatic carbocycles. The van der Waals surface area contributed by atoms with E-state index in [1.54, 1.807) is 0 Å². The third-order valence-corrected chi connectivity index (χ3v) is 3.84. The normalized spacial score (nSPS) is 25.9. The van der Waals surface area contributed by atoms with Crippen LogP contribution in [-0.4, -0.2) is 23.5 Å².